The number of carbonyl (C=O) groups is 1. The molecule has 0 heterocycles. The van der Waals surface area contributed by atoms with Crippen molar-refractivity contribution in [1.82, 2.24) is 5.32 Å². The fourth-order valence-corrected chi connectivity index (χ4v) is 2.30. The number of hydrogen-bond acceptors (Lipinski definition) is 3. The molecule has 0 saturated carbocycles. The molecule has 0 radical (unpaired) electrons. The zero-order valence-electron chi connectivity index (χ0n) is 14.6. The third-order valence-electron chi connectivity index (χ3n) is 3.73. The van der Waals surface area contributed by atoms with E-state index in [-0.39, 0.29) is 11.7 Å². The Labute approximate surface area is 150 Å². The fourth-order valence-electron chi connectivity index (χ4n) is 2.30. The van der Waals surface area contributed by atoms with Crippen LogP contribution in [0.25, 0.3) is 0 Å². The highest BCUT2D eigenvalue weighted by molar-refractivity contribution is 5.84. The highest BCUT2D eigenvalue weighted by Crippen LogP contribution is 2.21. The van der Waals surface area contributed by atoms with Crippen LogP contribution in [0.3, 0.4) is 0 Å². The molecule has 0 spiro atoms. The van der Waals surface area contributed by atoms with E-state index in [4.69, 9.17) is 4.74 Å². The number of hydrogen-bond donors (Lipinski definition) is 2. The van der Waals surface area contributed by atoms with Gasteiger partial charge in [0.2, 0.25) is 5.91 Å². The van der Waals surface area contributed by atoms with Crippen LogP contribution in [0, 0.1) is 6.92 Å². The molecule has 1 amide bonds. The first-order valence-corrected chi connectivity index (χ1v) is 8.13. The Bertz CT molecular complexity index is 748. The van der Waals surface area contributed by atoms with Crippen molar-refractivity contribution >= 4 is 11.6 Å². The maximum atomic E-state index is 12.2. The number of amides is 1. The van der Waals surface area contributed by atoms with Gasteiger partial charge in [0.15, 0.2) is 6.61 Å². The van der Waals surface area contributed by atoms with Gasteiger partial charge in [-0.15, -0.1) is 0 Å². The molecule has 26 heavy (non-hydrogen) atoms. The lowest BCUT2D eigenvalue weighted by molar-refractivity contribution is -0.153. The largest absolute Gasteiger partial charge is 0.484 e. The van der Waals surface area contributed by atoms with Gasteiger partial charge in [-0.1, -0.05) is 30.3 Å². The monoisotopic (exact) mass is 366 g/mol. The summed E-state index contributed by atoms with van der Waals surface area (Å²) in [4.78, 5) is 12.2. The molecular weight excluding hydrogens is 345 g/mol. The lowest BCUT2D eigenvalue weighted by Gasteiger charge is -2.17. The molecule has 2 aromatic rings. The number of rotatable bonds is 7. The summed E-state index contributed by atoms with van der Waals surface area (Å²) in [6, 6.07) is 13.3. The number of carbonyl (C=O) groups excluding carboxylic acids is 1. The molecular formula is C19H21F3N2O2. The number of halogens is 3. The fraction of sp³-hybridized carbons (Fsp3) is 0.316. The summed E-state index contributed by atoms with van der Waals surface area (Å²) < 4.78 is 41.4. The molecule has 0 bridgehead atoms. The van der Waals surface area contributed by atoms with E-state index >= 15 is 0 Å². The quantitative estimate of drug-likeness (QED) is 0.777. The van der Waals surface area contributed by atoms with Gasteiger partial charge >= 0.3 is 6.18 Å². The first-order chi connectivity index (χ1) is 12.2. The van der Waals surface area contributed by atoms with E-state index in [0.29, 0.717) is 12.2 Å². The molecule has 2 rings (SSSR count). The number of nitrogens with one attached hydrogen (secondary N) is 2. The maximum absolute atomic E-state index is 12.2. The first kappa shape index (κ1) is 19.6. The van der Waals surface area contributed by atoms with Crippen molar-refractivity contribution in [1.29, 1.82) is 0 Å². The van der Waals surface area contributed by atoms with Crippen LogP contribution in [0.15, 0.2) is 48.5 Å². The third kappa shape index (κ3) is 6.31. The minimum Gasteiger partial charge on any atom is -0.484 e. The average Bonchev–Trinajstić information content (AvgIpc) is 2.58. The van der Waals surface area contributed by atoms with E-state index in [2.05, 4.69) is 10.6 Å². The number of alkyl halides is 3. The first-order valence-electron chi connectivity index (χ1n) is 8.13. The Hall–Kier alpha value is -2.70. The second kappa shape index (κ2) is 8.60. The number of anilines is 1. The number of aryl methyl sites for hydroxylation is 1. The van der Waals surface area contributed by atoms with Crippen molar-refractivity contribution in [2.45, 2.75) is 32.6 Å². The number of benzene rings is 2. The lowest BCUT2D eigenvalue weighted by atomic mass is 10.1. The van der Waals surface area contributed by atoms with Crippen molar-refractivity contribution in [3.63, 3.8) is 0 Å². The standard InChI is InChI=1S/C19H21F3N2O2/c1-13-6-3-4-7-15(13)11-23-18(25)14(2)24-16-8-5-9-17(10-16)26-12-19(20,21)22/h3-10,14,24H,11-12H2,1-2H3,(H,23,25). The van der Waals surface area contributed by atoms with E-state index < -0.39 is 18.8 Å². The molecule has 0 aromatic heterocycles. The predicted molar refractivity (Wildman–Crippen MR) is 94.1 cm³/mol. The van der Waals surface area contributed by atoms with Gasteiger partial charge in [0.05, 0.1) is 0 Å². The minimum atomic E-state index is -4.40. The second-order valence-electron chi connectivity index (χ2n) is 5.94. The predicted octanol–water partition coefficient (Wildman–Crippen LogP) is 4.05. The van der Waals surface area contributed by atoms with Gasteiger partial charge in [-0.2, -0.15) is 13.2 Å². The van der Waals surface area contributed by atoms with Crippen LogP contribution in [-0.2, 0) is 11.3 Å². The molecule has 1 atom stereocenters. The van der Waals surface area contributed by atoms with Crippen molar-refractivity contribution in [3.8, 4) is 5.75 Å². The van der Waals surface area contributed by atoms with Crippen LogP contribution in [0.1, 0.15) is 18.1 Å². The Morgan fingerprint density at radius 2 is 1.88 bits per heavy atom. The topological polar surface area (TPSA) is 50.4 Å². The zero-order valence-corrected chi connectivity index (χ0v) is 14.6. The van der Waals surface area contributed by atoms with Gasteiger partial charge in [0, 0.05) is 18.3 Å². The van der Waals surface area contributed by atoms with Crippen molar-refractivity contribution < 1.29 is 22.7 Å². The van der Waals surface area contributed by atoms with Gasteiger partial charge in [0.25, 0.3) is 0 Å². The van der Waals surface area contributed by atoms with Crippen molar-refractivity contribution in [2.75, 3.05) is 11.9 Å². The Balaban J connectivity index is 1.89. The molecule has 0 aliphatic heterocycles. The van der Waals surface area contributed by atoms with Gasteiger partial charge in [-0.05, 0) is 37.1 Å². The summed E-state index contributed by atoms with van der Waals surface area (Å²) in [5.41, 5.74) is 2.61. The van der Waals surface area contributed by atoms with Gasteiger partial charge in [-0.25, -0.2) is 0 Å². The third-order valence-corrected chi connectivity index (χ3v) is 3.73. The highest BCUT2D eigenvalue weighted by Gasteiger charge is 2.28. The zero-order chi connectivity index (χ0) is 19.2. The molecule has 0 fully saturated rings. The SMILES string of the molecule is Cc1ccccc1CNC(=O)C(C)Nc1cccc(OCC(F)(F)F)c1. The van der Waals surface area contributed by atoms with Crippen LogP contribution >= 0.6 is 0 Å². The van der Waals surface area contributed by atoms with Gasteiger partial charge in [0.1, 0.15) is 11.8 Å². The van der Waals surface area contributed by atoms with E-state index in [1.165, 1.54) is 12.1 Å². The molecule has 140 valence electrons. The molecule has 2 aromatic carbocycles. The summed E-state index contributed by atoms with van der Waals surface area (Å²) in [5.74, 6) is -0.130. The van der Waals surface area contributed by atoms with Gasteiger partial charge < -0.3 is 15.4 Å². The number of ether oxygens (including phenoxy) is 1. The smallest absolute Gasteiger partial charge is 0.422 e. The van der Waals surface area contributed by atoms with Crippen molar-refractivity contribution in [2.24, 2.45) is 0 Å². The summed E-state index contributed by atoms with van der Waals surface area (Å²) in [5, 5.41) is 5.79. The molecule has 0 aliphatic rings. The van der Waals surface area contributed by atoms with E-state index in [1.807, 2.05) is 31.2 Å². The average molecular weight is 366 g/mol. The van der Waals surface area contributed by atoms with Crippen LogP contribution in [0.2, 0.25) is 0 Å². The highest BCUT2D eigenvalue weighted by atomic mass is 19.4. The van der Waals surface area contributed by atoms with E-state index in [1.54, 1.807) is 19.1 Å². The summed E-state index contributed by atoms with van der Waals surface area (Å²) in [7, 11) is 0. The molecule has 1 unspecified atom stereocenters. The Morgan fingerprint density at radius 3 is 2.58 bits per heavy atom. The Morgan fingerprint density at radius 1 is 1.15 bits per heavy atom. The maximum Gasteiger partial charge on any atom is 0.422 e. The van der Waals surface area contributed by atoms with E-state index in [0.717, 1.165) is 11.1 Å². The minimum absolute atomic E-state index is 0.0832. The Kier molecular flexibility index (Phi) is 6.49. The summed E-state index contributed by atoms with van der Waals surface area (Å²) >= 11 is 0. The van der Waals surface area contributed by atoms with Gasteiger partial charge in [-0.3, -0.25) is 4.79 Å². The van der Waals surface area contributed by atoms with Crippen LogP contribution in [-0.4, -0.2) is 24.7 Å². The van der Waals surface area contributed by atoms with Crippen LogP contribution in [0.4, 0.5) is 18.9 Å². The van der Waals surface area contributed by atoms with E-state index in [9.17, 15) is 18.0 Å². The summed E-state index contributed by atoms with van der Waals surface area (Å²) in [6.07, 6.45) is -4.40. The molecule has 7 heteroatoms. The lowest BCUT2D eigenvalue weighted by Crippen LogP contribution is -2.37. The van der Waals surface area contributed by atoms with Crippen LogP contribution < -0.4 is 15.4 Å². The molecule has 4 nitrogen and oxygen atoms in total. The molecule has 0 aliphatic carbocycles. The molecule has 0 saturated heterocycles. The summed E-state index contributed by atoms with van der Waals surface area (Å²) in [6.45, 7) is 2.70. The van der Waals surface area contributed by atoms with Crippen molar-refractivity contribution in [3.05, 3.63) is 59.7 Å². The second-order valence-corrected chi connectivity index (χ2v) is 5.94. The van der Waals surface area contributed by atoms with Crippen LogP contribution in [0.5, 0.6) is 5.75 Å². The normalized spacial score (nSPS) is 12.3. The molecule has 2 N–H and O–H groups in total.